The lowest BCUT2D eigenvalue weighted by Gasteiger charge is -2.18. The smallest absolute Gasteiger partial charge is 0.341 e. The first-order chi connectivity index (χ1) is 15.9. The van der Waals surface area contributed by atoms with Gasteiger partial charge in [0.05, 0.1) is 23.6 Å². The number of aromatic nitrogens is 2. The van der Waals surface area contributed by atoms with Crippen molar-refractivity contribution in [1.29, 1.82) is 0 Å². The predicted octanol–water partition coefficient (Wildman–Crippen LogP) is 5.38. The van der Waals surface area contributed by atoms with Crippen LogP contribution in [-0.2, 0) is 22.4 Å². The molecule has 1 aliphatic rings. The molecule has 33 heavy (non-hydrogen) atoms. The molecule has 0 saturated carbocycles. The Balaban J connectivity index is 1.46. The SMILES string of the molecule is CCOC(=O)c1c(NC(=O)CSc2nccc(-c3ccc(F)cc3)n2)sc2c1CCC(C)C2. The van der Waals surface area contributed by atoms with E-state index < -0.39 is 0 Å². The van der Waals surface area contributed by atoms with Gasteiger partial charge in [-0.3, -0.25) is 4.79 Å². The topological polar surface area (TPSA) is 81.2 Å². The zero-order valence-electron chi connectivity index (χ0n) is 18.4. The van der Waals surface area contributed by atoms with Crippen LogP contribution >= 0.6 is 23.1 Å². The Morgan fingerprint density at radius 3 is 2.82 bits per heavy atom. The van der Waals surface area contributed by atoms with E-state index in [9.17, 15) is 14.0 Å². The van der Waals surface area contributed by atoms with Crippen LogP contribution in [0.3, 0.4) is 0 Å². The molecule has 3 aromatic rings. The molecule has 0 bridgehead atoms. The highest BCUT2D eigenvalue weighted by Gasteiger charge is 2.29. The van der Waals surface area contributed by atoms with Crippen LogP contribution in [0.1, 0.15) is 41.1 Å². The Kier molecular flexibility index (Phi) is 7.39. The van der Waals surface area contributed by atoms with Crippen molar-refractivity contribution in [2.24, 2.45) is 5.92 Å². The van der Waals surface area contributed by atoms with Crippen LogP contribution in [0.4, 0.5) is 9.39 Å². The van der Waals surface area contributed by atoms with Crippen LogP contribution < -0.4 is 5.32 Å². The first-order valence-corrected chi connectivity index (χ1v) is 12.6. The van der Waals surface area contributed by atoms with E-state index >= 15 is 0 Å². The zero-order chi connectivity index (χ0) is 23.4. The van der Waals surface area contributed by atoms with E-state index in [-0.39, 0.29) is 30.1 Å². The normalized spacial score (nSPS) is 15.1. The number of thiophene rings is 1. The largest absolute Gasteiger partial charge is 0.462 e. The molecule has 0 radical (unpaired) electrons. The molecule has 0 spiro atoms. The second-order valence-electron chi connectivity index (χ2n) is 7.84. The van der Waals surface area contributed by atoms with Gasteiger partial charge in [-0.15, -0.1) is 11.3 Å². The molecule has 1 aliphatic carbocycles. The van der Waals surface area contributed by atoms with Gasteiger partial charge in [0.25, 0.3) is 0 Å². The highest BCUT2D eigenvalue weighted by molar-refractivity contribution is 7.99. The van der Waals surface area contributed by atoms with E-state index in [2.05, 4.69) is 22.2 Å². The highest BCUT2D eigenvalue weighted by atomic mass is 32.2. The van der Waals surface area contributed by atoms with Gasteiger partial charge < -0.3 is 10.1 Å². The molecule has 1 atom stereocenters. The number of nitrogens with one attached hydrogen (secondary N) is 1. The molecule has 1 unspecified atom stereocenters. The molecule has 1 aromatic carbocycles. The fourth-order valence-corrected chi connectivity index (χ4v) is 5.79. The Morgan fingerprint density at radius 2 is 2.06 bits per heavy atom. The quantitative estimate of drug-likeness (QED) is 0.275. The fourth-order valence-electron chi connectivity index (χ4n) is 3.74. The van der Waals surface area contributed by atoms with Gasteiger partial charge in [-0.25, -0.2) is 19.2 Å². The van der Waals surface area contributed by atoms with E-state index in [1.807, 2.05) is 0 Å². The maximum absolute atomic E-state index is 13.2. The van der Waals surface area contributed by atoms with Crippen molar-refractivity contribution < 1.29 is 18.7 Å². The number of fused-ring (bicyclic) bond motifs is 1. The number of rotatable bonds is 7. The molecule has 172 valence electrons. The summed E-state index contributed by atoms with van der Waals surface area (Å²) in [6.45, 7) is 4.25. The minimum absolute atomic E-state index is 0.0914. The summed E-state index contributed by atoms with van der Waals surface area (Å²) in [5.41, 5.74) is 2.92. The van der Waals surface area contributed by atoms with E-state index in [1.165, 1.54) is 35.2 Å². The number of amides is 1. The van der Waals surface area contributed by atoms with Crippen molar-refractivity contribution >= 4 is 40.0 Å². The summed E-state index contributed by atoms with van der Waals surface area (Å²) in [4.78, 5) is 35.2. The number of anilines is 1. The van der Waals surface area contributed by atoms with Gasteiger partial charge in [0.15, 0.2) is 5.16 Å². The Morgan fingerprint density at radius 1 is 1.27 bits per heavy atom. The molecular formula is C24H24FN3O3S2. The molecule has 2 heterocycles. The molecule has 4 rings (SSSR count). The van der Waals surface area contributed by atoms with E-state index in [0.717, 1.165) is 35.3 Å². The van der Waals surface area contributed by atoms with Crippen molar-refractivity contribution in [2.45, 2.75) is 38.3 Å². The van der Waals surface area contributed by atoms with Gasteiger partial charge in [0.1, 0.15) is 10.8 Å². The number of hydrogen-bond donors (Lipinski definition) is 1. The predicted molar refractivity (Wildman–Crippen MR) is 128 cm³/mol. The number of benzene rings is 1. The second-order valence-corrected chi connectivity index (χ2v) is 9.89. The van der Waals surface area contributed by atoms with Gasteiger partial charge in [-0.05, 0) is 68.0 Å². The number of thioether (sulfide) groups is 1. The minimum atomic E-state index is -0.386. The maximum Gasteiger partial charge on any atom is 0.341 e. The monoisotopic (exact) mass is 485 g/mol. The van der Waals surface area contributed by atoms with Crippen LogP contribution in [0.5, 0.6) is 0 Å². The average molecular weight is 486 g/mol. The van der Waals surface area contributed by atoms with Gasteiger partial charge in [0, 0.05) is 16.6 Å². The van der Waals surface area contributed by atoms with Gasteiger partial charge in [-0.1, -0.05) is 18.7 Å². The van der Waals surface area contributed by atoms with Crippen LogP contribution in [0.15, 0.2) is 41.7 Å². The molecule has 1 N–H and O–H groups in total. The third-order valence-electron chi connectivity index (χ3n) is 5.35. The van der Waals surface area contributed by atoms with Crippen LogP contribution in [-0.4, -0.2) is 34.2 Å². The molecule has 0 aliphatic heterocycles. The summed E-state index contributed by atoms with van der Waals surface area (Å²) in [6, 6.07) is 7.78. The lowest BCUT2D eigenvalue weighted by Crippen LogP contribution is -2.17. The minimum Gasteiger partial charge on any atom is -0.462 e. The van der Waals surface area contributed by atoms with Crippen LogP contribution in [0, 0.1) is 11.7 Å². The number of ether oxygens (including phenoxy) is 1. The zero-order valence-corrected chi connectivity index (χ0v) is 20.0. The van der Waals surface area contributed by atoms with Crippen molar-refractivity contribution in [1.82, 2.24) is 9.97 Å². The molecule has 6 nitrogen and oxygen atoms in total. The molecule has 0 saturated heterocycles. The first kappa shape index (κ1) is 23.4. The Labute approximate surface area is 200 Å². The standard InChI is InChI=1S/C24H24FN3O3S2/c1-3-31-23(30)21-17-9-4-14(2)12-19(17)33-22(21)28-20(29)13-32-24-26-11-10-18(27-24)15-5-7-16(25)8-6-15/h5-8,10-11,14H,3-4,9,12-13H2,1-2H3,(H,28,29). The van der Waals surface area contributed by atoms with Crippen molar-refractivity contribution in [3.63, 3.8) is 0 Å². The number of carbonyl (C=O) groups is 2. The molecule has 2 aromatic heterocycles. The summed E-state index contributed by atoms with van der Waals surface area (Å²) >= 11 is 2.67. The van der Waals surface area contributed by atoms with Gasteiger partial charge >= 0.3 is 5.97 Å². The molecule has 1 amide bonds. The van der Waals surface area contributed by atoms with E-state index in [4.69, 9.17) is 4.74 Å². The first-order valence-electron chi connectivity index (χ1n) is 10.8. The summed E-state index contributed by atoms with van der Waals surface area (Å²) in [7, 11) is 0. The van der Waals surface area contributed by atoms with E-state index in [1.54, 1.807) is 31.3 Å². The number of carbonyl (C=O) groups excluding carboxylic acids is 2. The summed E-state index contributed by atoms with van der Waals surface area (Å²) in [5.74, 6) is -0.300. The third kappa shape index (κ3) is 5.59. The molecule has 0 fully saturated rings. The van der Waals surface area contributed by atoms with Crippen molar-refractivity contribution in [3.8, 4) is 11.3 Å². The van der Waals surface area contributed by atoms with E-state index in [0.29, 0.717) is 27.3 Å². The highest BCUT2D eigenvalue weighted by Crippen LogP contribution is 2.40. The lowest BCUT2D eigenvalue weighted by molar-refractivity contribution is -0.113. The fraction of sp³-hybridized carbons (Fsp3) is 0.333. The summed E-state index contributed by atoms with van der Waals surface area (Å²) < 4.78 is 18.4. The summed E-state index contributed by atoms with van der Waals surface area (Å²) in [5, 5.41) is 3.90. The second kappa shape index (κ2) is 10.4. The Hall–Kier alpha value is -2.78. The third-order valence-corrected chi connectivity index (χ3v) is 7.38. The number of nitrogens with zero attached hydrogens (tertiary/aromatic N) is 2. The van der Waals surface area contributed by atoms with Crippen LogP contribution in [0.25, 0.3) is 11.3 Å². The van der Waals surface area contributed by atoms with Gasteiger partial charge in [0.2, 0.25) is 5.91 Å². The van der Waals surface area contributed by atoms with Crippen molar-refractivity contribution in [2.75, 3.05) is 17.7 Å². The lowest BCUT2D eigenvalue weighted by atomic mass is 9.88. The Bertz CT molecular complexity index is 1160. The van der Waals surface area contributed by atoms with Gasteiger partial charge in [-0.2, -0.15) is 0 Å². The van der Waals surface area contributed by atoms with Crippen molar-refractivity contribution in [3.05, 3.63) is 58.3 Å². The number of halogens is 1. The number of esters is 1. The summed E-state index contributed by atoms with van der Waals surface area (Å²) in [6.07, 6.45) is 4.34. The number of hydrogen-bond acceptors (Lipinski definition) is 7. The molecular weight excluding hydrogens is 461 g/mol. The average Bonchev–Trinajstić information content (AvgIpc) is 3.15. The maximum atomic E-state index is 13.2. The van der Waals surface area contributed by atoms with Crippen LogP contribution in [0.2, 0.25) is 0 Å². The molecule has 9 heteroatoms.